The van der Waals surface area contributed by atoms with E-state index in [-0.39, 0.29) is 28.7 Å². The standard InChI is InChI=1S/C17H25NO5S/c1-22-10-5-11-23-17(19)15-12-18-9-8-16(15)24(20,21)13-14-6-3-2-4-7-14/h8-9,12,14H,2-7,10-11,13H2,1H3. The molecule has 0 spiro atoms. The molecule has 0 radical (unpaired) electrons. The Hall–Kier alpha value is -1.47. The molecular weight excluding hydrogens is 330 g/mol. The third kappa shape index (κ3) is 5.27. The lowest BCUT2D eigenvalue weighted by atomic mass is 9.91. The van der Waals surface area contributed by atoms with Crippen LogP contribution in [0.5, 0.6) is 0 Å². The van der Waals surface area contributed by atoms with Gasteiger partial charge in [0.05, 0.1) is 22.8 Å². The van der Waals surface area contributed by atoms with Gasteiger partial charge in [0.1, 0.15) is 0 Å². The summed E-state index contributed by atoms with van der Waals surface area (Å²) in [6.45, 7) is 0.664. The third-order valence-corrected chi connectivity index (χ3v) is 6.18. The number of aromatic nitrogens is 1. The Morgan fingerprint density at radius 2 is 2.00 bits per heavy atom. The summed E-state index contributed by atoms with van der Waals surface area (Å²) in [7, 11) is -1.97. The third-order valence-electron chi connectivity index (χ3n) is 4.24. The van der Waals surface area contributed by atoms with Gasteiger partial charge in [-0.25, -0.2) is 13.2 Å². The molecule has 0 amide bonds. The van der Waals surface area contributed by atoms with Crippen LogP contribution in [-0.2, 0) is 19.3 Å². The van der Waals surface area contributed by atoms with Crippen LogP contribution in [0.3, 0.4) is 0 Å². The van der Waals surface area contributed by atoms with Gasteiger partial charge in [0.15, 0.2) is 9.84 Å². The van der Waals surface area contributed by atoms with E-state index in [0.717, 1.165) is 25.7 Å². The van der Waals surface area contributed by atoms with Crippen LogP contribution in [0, 0.1) is 5.92 Å². The van der Waals surface area contributed by atoms with Crippen LogP contribution in [0.15, 0.2) is 23.4 Å². The van der Waals surface area contributed by atoms with Gasteiger partial charge in [-0.05, 0) is 24.8 Å². The molecule has 0 unspecified atom stereocenters. The maximum absolute atomic E-state index is 12.7. The molecule has 7 heteroatoms. The number of hydrogen-bond acceptors (Lipinski definition) is 6. The van der Waals surface area contributed by atoms with E-state index in [9.17, 15) is 13.2 Å². The molecule has 0 atom stereocenters. The van der Waals surface area contributed by atoms with Crippen LogP contribution < -0.4 is 0 Å². The fraction of sp³-hybridized carbons (Fsp3) is 0.647. The summed E-state index contributed by atoms with van der Waals surface area (Å²) in [6, 6.07) is 1.39. The lowest BCUT2D eigenvalue weighted by molar-refractivity contribution is 0.0463. The molecule has 1 saturated carbocycles. The Morgan fingerprint density at radius 1 is 1.25 bits per heavy atom. The first kappa shape index (κ1) is 18.9. The van der Waals surface area contributed by atoms with Crippen molar-refractivity contribution in [3.63, 3.8) is 0 Å². The van der Waals surface area contributed by atoms with Crippen molar-refractivity contribution in [1.29, 1.82) is 0 Å². The minimum absolute atomic E-state index is 0.0192. The molecule has 1 fully saturated rings. The molecule has 0 bridgehead atoms. The van der Waals surface area contributed by atoms with Gasteiger partial charge in [-0.1, -0.05) is 19.3 Å². The Kier molecular flexibility index (Phi) is 7.17. The van der Waals surface area contributed by atoms with Crippen LogP contribution in [0.1, 0.15) is 48.9 Å². The van der Waals surface area contributed by atoms with Crippen molar-refractivity contribution >= 4 is 15.8 Å². The molecular formula is C17H25NO5S. The second-order valence-electron chi connectivity index (χ2n) is 6.14. The van der Waals surface area contributed by atoms with Gasteiger partial charge in [0.2, 0.25) is 0 Å². The fourth-order valence-corrected chi connectivity index (χ4v) is 4.88. The highest BCUT2D eigenvalue weighted by atomic mass is 32.2. The molecule has 0 N–H and O–H groups in total. The van der Waals surface area contributed by atoms with Crippen LogP contribution in [0.2, 0.25) is 0 Å². The highest BCUT2D eigenvalue weighted by Gasteiger charge is 2.27. The lowest BCUT2D eigenvalue weighted by Gasteiger charge is -2.21. The number of carbonyl (C=O) groups excluding carboxylic acids is 1. The maximum Gasteiger partial charge on any atom is 0.341 e. The van der Waals surface area contributed by atoms with Crippen molar-refractivity contribution in [3.05, 3.63) is 24.0 Å². The van der Waals surface area contributed by atoms with E-state index in [1.807, 2.05) is 0 Å². The minimum atomic E-state index is -3.54. The van der Waals surface area contributed by atoms with Gasteiger partial charge in [-0.3, -0.25) is 4.98 Å². The number of pyridine rings is 1. The van der Waals surface area contributed by atoms with Crippen LogP contribution in [0.25, 0.3) is 0 Å². The summed E-state index contributed by atoms with van der Waals surface area (Å²) in [6.07, 6.45) is 8.41. The van der Waals surface area contributed by atoms with Gasteiger partial charge in [-0.2, -0.15) is 0 Å². The van der Waals surface area contributed by atoms with Crippen molar-refractivity contribution in [1.82, 2.24) is 4.98 Å². The van der Waals surface area contributed by atoms with Gasteiger partial charge in [-0.15, -0.1) is 0 Å². The molecule has 0 saturated heterocycles. The summed E-state index contributed by atoms with van der Waals surface area (Å²) in [4.78, 5) is 16.1. The molecule has 0 aromatic carbocycles. The smallest absolute Gasteiger partial charge is 0.341 e. The number of hydrogen-bond donors (Lipinski definition) is 0. The number of nitrogens with zero attached hydrogens (tertiary/aromatic N) is 1. The highest BCUT2D eigenvalue weighted by Crippen LogP contribution is 2.28. The normalized spacial score (nSPS) is 16.0. The molecule has 6 nitrogen and oxygen atoms in total. The Labute approximate surface area is 143 Å². The molecule has 1 aliphatic rings. The van der Waals surface area contributed by atoms with E-state index >= 15 is 0 Å². The van der Waals surface area contributed by atoms with Gasteiger partial charge in [0.25, 0.3) is 0 Å². The van der Waals surface area contributed by atoms with Crippen LogP contribution in [0.4, 0.5) is 0 Å². The van der Waals surface area contributed by atoms with Gasteiger partial charge < -0.3 is 9.47 Å². The lowest BCUT2D eigenvalue weighted by Crippen LogP contribution is -2.21. The zero-order valence-corrected chi connectivity index (χ0v) is 14.9. The predicted molar refractivity (Wildman–Crippen MR) is 89.6 cm³/mol. The largest absolute Gasteiger partial charge is 0.462 e. The summed E-state index contributed by atoms with van der Waals surface area (Å²) < 4.78 is 35.5. The van der Waals surface area contributed by atoms with Gasteiger partial charge >= 0.3 is 5.97 Å². The second-order valence-corrected chi connectivity index (χ2v) is 8.14. The van der Waals surface area contributed by atoms with Crippen molar-refractivity contribution in [2.45, 2.75) is 43.4 Å². The summed E-state index contributed by atoms with van der Waals surface area (Å²) >= 11 is 0. The van der Waals surface area contributed by atoms with Crippen molar-refractivity contribution in [2.24, 2.45) is 5.92 Å². The van der Waals surface area contributed by atoms with E-state index in [4.69, 9.17) is 9.47 Å². The van der Waals surface area contributed by atoms with E-state index in [0.29, 0.717) is 13.0 Å². The van der Waals surface area contributed by atoms with E-state index in [1.54, 1.807) is 7.11 Å². The molecule has 0 aliphatic heterocycles. The van der Waals surface area contributed by atoms with Crippen molar-refractivity contribution in [2.75, 3.05) is 26.1 Å². The molecule has 2 rings (SSSR count). The first-order valence-corrected chi connectivity index (χ1v) is 10.0. The Balaban J connectivity index is 2.10. The first-order valence-electron chi connectivity index (χ1n) is 8.37. The van der Waals surface area contributed by atoms with E-state index in [2.05, 4.69) is 4.98 Å². The predicted octanol–water partition coefficient (Wildman–Crippen LogP) is 2.63. The number of esters is 1. The molecule has 1 aromatic rings. The summed E-state index contributed by atoms with van der Waals surface area (Å²) in [5.41, 5.74) is 0.0192. The topological polar surface area (TPSA) is 82.6 Å². The average molecular weight is 355 g/mol. The molecule has 1 aromatic heterocycles. The van der Waals surface area contributed by atoms with E-state index in [1.165, 1.54) is 24.9 Å². The summed E-state index contributed by atoms with van der Waals surface area (Å²) in [5, 5.41) is 0. The van der Waals surface area contributed by atoms with Crippen LogP contribution >= 0.6 is 0 Å². The monoisotopic (exact) mass is 355 g/mol. The zero-order valence-electron chi connectivity index (χ0n) is 14.1. The average Bonchev–Trinajstić information content (AvgIpc) is 2.59. The maximum atomic E-state index is 12.7. The van der Waals surface area contributed by atoms with Crippen LogP contribution in [-0.4, -0.2) is 45.4 Å². The summed E-state index contributed by atoms with van der Waals surface area (Å²) in [5.74, 6) is -0.398. The second kappa shape index (κ2) is 9.13. The number of methoxy groups -OCH3 is 1. The molecule has 134 valence electrons. The Bertz CT molecular complexity index is 638. The number of ether oxygens (including phenoxy) is 2. The number of sulfone groups is 1. The first-order chi connectivity index (χ1) is 11.5. The highest BCUT2D eigenvalue weighted by molar-refractivity contribution is 7.91. The van der Waals surface area contributed by atoms with Crippen molar-refractivity contribution in [3.8, 4) is 0 Å². The van der Waals surface area contributed by atoms with E-state index < -0.39 is 15.8 Å². The zero-order chi connectivity index (χ0) is 17.4. The molecule has 1 heterocycles. The van der Waals surface area contributed by atoms with Gasteiger partial charge in [0, 0.05) is 32.5 Å². The quantitative estimate of drug-likeness (QED) is 0.527. The molecule has 1 aliphatic carbocycles. The number of rotatable bonds is 8. The Morgan fingerprint density at radius 3 is 2.71 bits per heavy atom. The minimum Gasteiger partial charge on any atom is -0.462 e. The SMILES string of the molecule is COCCCOC(=O)c1cnccc1S(=O)(=O)CC1CCCCC1. The molecule has 24 heavy (non-hydrogen) atoms. The number of carbonyl (C=O) groups is 1. The van der Waals surface area contributed by atoms with Crippen molar-refractivity contribution < 1.29 is 22.7 Å². The fourth-order valence-electron chi connectivity index (χ4n) is 3.01.